The van der Waals surface area contributed by atoms with Gasteiger partial charge in [-0.15, -0.1) is 0 Å². The van der Waals surface area contributed by atoms with Crippen molar-refractivity contribution in [3.63, 3.8) is 0 Å². The summed E-state index contributed by atoms with van der Waals surface area (Å²) in [6, 6.07) is 6.83. The van der Waals surface area contributed by atoms with Crippen LogP contribution in [0.1, 0.15) is 12.0 Å². The van der Waals surface area contributed by atoms with Crippen molar-refractivity contribution in [1.82, 2.24) is 5.32 Å². The number of amides is 3. The zero-order chi connectivity index (χ0) is 18.8. The molecule has 0 aromatic heterocycles. The first-order valence-corrected chi connectivity index (χ1v) is 8.33. The van der Waals surface area contributed by atoms with E-state index in [2.05, 4.69) is 10.6 Å². The molecule has 2 N–H and O–H groups in total. The minimum absolute atomic E-state index is 0.0386. The zero-order valence-electron chi connectivity index (χ0n) is 13.9. The molecule has 1 fully saturated rings. The Morgan fingerprint density at radius 2 is 1.96 bits per heavy atom. The highest BCUT2D eigenvalue weighted by Crippen LogP contribution is 2.24. The highest BCUT2D eigenvalue weighted by Gasteiger charge is 2.33. The van der Waals surface area contributed by atoms with Crippen molar-refractivity contribution < 1.29 is 18.4 Å². The molecule has 0 saturated carbocycles. The Balaban J connectivity index is 1.64. The third-order valence-electron chi connectivity index (χ3n) is 4.14. The van der Waals surface area contributed by atoms with E-state index in [0.29, 0.717) is 24.2 Å². The molecule has 26 heavy (non-hydrogen) atoms. The lowest BCUT2D eigenvalue weighted by Crippen LogP contribution is -2.43. The standard InChI is InChI=1S/C18H16ClF2N3O2/c1-10-8-12(3-4-13(10)20)24-7-6-16(17(24)25)23-18(26)22-15-5-2-11(19)9-14(15)21/h2-5,8-9,16H,6-7H2,1H3,(H2,22,23,26). The number of hydrogen-bond donors (Lipinski definition) is 2. The molecule has 8 heteroatoms. The summed E-state index contributed by atoms with van der Waals surface area (Å²) in [5.41, 5.74) is 0.966. The Morgan fingerprint density at radius 3 is 2.65 bits per heavy atom. The highest BCUT2D eigenvalue weighted by molar-refractivity contribution is 6.30. The number of nitrogens with one attached hydrogen (secondary N) is 2. The number of carbonyl (C=O) groups is 2. The third kappa shape index (κ3) is 3.77. The lowest BCUT2D eigenvalue weighted by molar-refractivity contribution is -0.118. The summed E-state index contributed by atoms with van der Waals surface area (Å²) in [6.07, 6.45) is 0.395. The normalized spacial score (nSPS) is 16.7. The van der Waals surface area contributed by atoms with Crippen molar-refractivity contribution in [2.24, 2.45) is 0 Å². The van der Waals surface area contributed by atoms with Gasteiger partial charge in [0.25, 0.3) is 0 Å². The molecule has 3 rings (SSSR count). The fourth-order valence-corrected chi connectivity index (χ4v) is 2.93. The molecule has 0 radical (unpaired) electrons. The second kappa shape index (κ2) is 7.29. The van der Waals surface area contributed by atoms with Crippen LogP contribution < -0.4 is 15.5 Å². The number of carbonyl (C=O) groups excluding carboxylic acids is 2. The topological polar surface area (TPSA) is 61.4 Å². The molecule has 1 heterocycles. The minimum Gasteiger partial charge on any atom is -0.326 e. The van der Waals surface area contributed by atoms with Gasteiger partial charge in [0.1, 0.15) is 17.7 Å². The first-order valence-electron chi connectivity index (χ1n) is 7.95. The monoisotopic (exact) mass is 379 g/mol. The van der Waals surface area contributed by atoms with Crippen LogP contribution in [0, 0.1) is 18.6 Å². The zero-order valence-corrected chi connectivity index (χ0v) is 14.6. The van der Waals surface area contributed by atoms with Crippen LogP contribution in [0.25, 0.3) is 0 Å². The summed E-state index contributed by atoms with van der Waals surface area (Å²) in [6.45, 7) is 2.01. The quantitative estimate of drug-likeness (QED) is 0.850. The van der Waals surface area contributed by atoms with Crippen molar-refractivity contribution in [3.8, 4) is 0 Å². The average Bonchev–Trinajstić information content (AvgIpc) is 2.93. The third-order valence-corrected chi connectivity index (χ3v) is 4.38. The van der Waals surface area contributed by atoms with E-state index >= 15 is 0 Å². The van der Waals surface area contributed by atoms with E-state index in [0.717, 1.165) is 6.07 Å². The second-order valence-electron chi connectivity index (χ2n) is 5.99. The number of anilines is 2. The van der Waals surface area contributed by atoms with Crippen molar-refractivity contribution in [2.75, 3.05) is 16.8 Å². The fraction of sp³-hybridized carbons (Fsp3) is 0.222. The average molecular weight is 380 g/mol. The lowest BCUT2D eigenvalue weighted by Gasteiger charge is -2.18. The molecule has 1 aliphatic heterocycles. The Kier molecular flexibility index (Phi) is 5.08. The summed E-state index contributed by atoms with van der Waals surface area (Å²) in [4.78, 5) is 26.0. The predicted molar refractivity (Wildman–Crippen MR) is 95.5 cm³/mol. The van der Waals surface area contributed by atoms with Gasteiger partial charge >= 0.3 is 6.03 Å². The van der Waals surface area contributed by atoms with Gasteiger partial charge in [0, 0.05) is 17.3 Å². The van der Waals surface area contributed by atoms with Crippen LogP contribution >= 0.6 is 11.6 Å². The van der Waals surface area contributed by atoms with Crippen molar-refractivity contribution >= 4 is 34.9 Å². The van der Waals surface area contributed by atoms with E-state index in [4.69, 9.17) is 11.6 Å². The Hall–Kier alpha value is -2.67. The highest BCUT2D eigenvalue weighted by atomic mass is 35.5. The molecule has 0 aliphatic carbocycles. The fourth-order valence-electron chi connectivity index (χ4n) is 2.77. The molecule has 136 valence electrons. The van der Waals surface area contributed by atoms with Gasteiger partial charge in [0.15, 0.2) is 0 Å². The van der Waals surface area contributed by atoms with E-state index in [9.17, 15) is 18.4 Å². The van der Waals surface area contributed by atoms with Gasteiger partial charge in [-0.3, -0.25) is 4.79 Å². The minimum atomic E-state index is -0.740. The van der Waals surface area contributed by atoms with Crippen LogP contribution in [0.5, 0.6) is 0 Å². The summed E-state index contributed by atoms with van der Waals surface area (Å²) in [5.74, 6) is -1.32. The smallest absolute Gasteiger partial charge is 0.319 e. The van der Waals surface area contributed by atoms with Crippen LogP contribution in [0.2, 0.25) is 5.02 Å². The van der Waals surface area contributed by atoms with Crippen LogP contribution in [-0.4, -0.2) is 24.5 Å². The molecule has 5 nitrogen and oxygen atoms in total. The molecule has 2 aromatic rings. The van der Waals surface area contributed by atoms with E-state index in [-0.39, 0.29) is 22.4 Å². The van der Waals surface area contributed by atoms with E-state index in [1.807, 2.05) is 0 Å². The Morgan fingerprint density at radius 1 is 1.19 bits per heavy atom. The molecule has 0 bridgehead atoms. The van der Waals surface area contributed by atoms with Crippen molar-refractivity contribution in [1.29, 1.82) is 0 Å². The summed E-state index contributed by atoms with van der Waals surface area (Å²) < 4.78 is 27.1. The van der Waals surface area contributed by atoms with Crippen molar-refractivity contribution in [2.45, 2.75) is 19.4 Å². The second-order valence-corrected chi connectivity index (χ2v) is 6.42. The maximum absolute atomic E-state index is 13.7. The van der Waals surface area contributed by atoms with Gasteiger partial charge in [-0.2, -0.15) is 0 Å². The lowest BCUT2D eigenvalue weighted by atomic mass is 10.2. The Labute approximate surface area is 153 Å². The number of rotatable bonds is 3. The van der Waals surface area contributed by atoms with Crippen LogP contribution in [-0.2, 0) is 4.79 Å². The molecule has 3 amide bonds. The largest absolute Gasteiger partial charge is 0.326 e. The number of urea groups is 1. The molecular weight excluding hydrogens is 364 g/mol. The number of nitrogens with zero attached hydrogens (tertiary/aromatic N) is 1. The Bertz CT molecular complexity index is 876. The number of benzene rings is 2. The predicted octanol–water partition coefficient (Wildman–Crippen LogP) is 3.85. The van der Waals surface area contributed by atoms with E-state index in [1.165, 1.54) is 29.2 Å². The SMILES string of the molecule is Cc1cc(N2CCC(NC(=O)Nc3ccc(Cl)cc3F)C2=O)ccc1F. The van der Waals surface area contributed by atoms with Gasteiger partial charge in [-0.1, -0.05) is 11.6 Å². The van der Waals surface area contributed by atoms with Crippen molar-refractivity contribution in [3.05, 3.63) is 58.6 Å². The van der Waals surface area contributed by atoms with Crippen LogP contribution in [0.15, 0.2) is 36.4 Å². The molecule has 1 atom stereocenters. The van der Waals surface area contributed by atoms with Gasteiger partial charge in [0.05, 0.1) is 5.69 Å². The summed E-state index contributed by atoms with van der Waals surface area (Å²) in [5, 5.41) is 5.09. The van der Waals surface area contributed by atoms with Gasteiger partial charge < -0.3 is 15.5 Å². The van der Waals surface area contributed by atoms with E-state index in [1.54, 1.807) is 13.0 Å². The van der Waals surface area contributed by atoms with Gasteiger partial charge in [-0.05, 0) is 55.3 Å². The van der Waals surface area contributed by atoms with Crippen LogP contribution in [0.4, 0.5) is 25.0 Å². The summed E-state index contributed by atoms with van der Waals surface area (Å²) in [7, 11) is 0. The summed E-state index contributed by atoms with van der Waals surface area (Å²) >= 11 is 5.66. The number of aryl methyl sites for hydroxylation is 1. The molecule has 1 aliphatic rings. The number of halogens is 3. The first-order chi connectivity index (χ1) is 12.3. The van der Waals surface area contributed by atoms with Gasteiger partial charge in [-0.25, -0.2) is 13.6 Å². The number of hydrogen-bond acceptors (Lipinski definition) is 2. The van der Waals surface area contributed by atoms with E-state index < -0.39 is 17.9 Å². The molecule has 1 saturated heterocycles. The van der Waals surface area contributed by atoms with Crippen LogP contribution in [0.3, 0.4) is 0 Å². The molecule has 2 aromatic carbocycles. The van der Waals surface area contributed by atoms with Gasteiger partial charge in [0.2, 0.25) is 5.91 Å². The molecule has 0 spiro atoms. The maximum Gasteiger partial charge on any atom is 0.319 e. The first kappa shape index (κ1) is 18.1. The molecule has 1 unspecified atom stereocenters. The molecular formula is C18H16ClF2N3O2. The maximum atomic E-state index is 13.7.